The predicted molar refractivity (Wildman–Crippen MR) is 161 cm³/mol. The largest absolute Gasteiger partial charge is 0.367 e. The molecule has 3 aromatic carbocycles. The quantitative estimate of drug-likeness (QED) is 0.301. The summed E-state index contributed by atoms with van der Waals surface area (Å²) in [5, 5.41) is 3.29. The topological polar surface area (TPSA) is 57.6 Å². The second kappa shape index (κ2) is 14.5. The van der Waals surface area contributed by atoms with Crippen LogP contribution >= 0.6 is 11.6 Å². The van der Waals surface area contributed by atoms with Gasteiger partial charge in [0.25, 0.3) is 0 Å². The summed E-state index contributed by atoms with van der Waals surface area (Å²) in [5.41, 5.74) is 3.08. The van der Waals surface area contributed by atoms with Gasteiger partial charge in [0.1, 0.15) is 11.5 Å². The fourth-order valence-corrected chi connectivity index (χ4v) is 4.43. The number of amides is 1. The minimum Gasteiger partial charge on any atom is -0.367 e. The number of carbonyl (C=O) groups is 1. The molecule has 0 spiro atoms. The molecule has 1 fully saturated rings. The lowest BCUT2D eigenvalue weighted by Crippen LogP contribution is -2.44. The molecule has 1 aromatic heterocycles. The van der Waals surface area contributed by atoms with Crippen LogP contribution in [-0.4, -0.2) is 49.1 Å². The van der Waals surface area contributed by atoms with Crippen LogP contribution in [0.4, 0.5) is 15.8 Å². The van der Waals surface area contributed by atoms with Crippen molar-refractivity contribution >= 4 is 40.3 Å². The second-order valence-corrected chi connectivity index (χ2v) is 9.59. The molecule has 0 saturated carbocycles. The number of rotatable bonds is 5. The van der Waals surface area contributed by atoms with Crippen LogP contribution in [0.15, 0.2) is 77.7 Å². The third kappa shape index (κ3) is 7.91. The Kier molecular flexibility index (Phi) is 11.1. The van der Waals surface area contributed by atoms with Crippen LogP contribution in [0.2, 0.25) is 5.02 Å². The van der Waals surface area contributed by atoms with Crippen molar-refractivity contribution in [1.29, 1.82) is 0 Å². The van der Waals surface area contributed by atoms with Crippen molar-refractivity contribution in [2.24, 2.45) is 0 Å². The smallest absolute Gasteiger partial charge is 0.212 e. The van der Waals surface area contributed by atoms with Crippen LogP contribution in [0.3, 0.4) is 0 Å². The SMILES string of the molecule is CC.CN1CCN(c2cc3c(cc2F)c(=O)c(NC=O)cn3Cc2ccc(Cl)cc2)CC1.Cc1ccccc1. The van der Waals surface area contributed by atoms with Crippen molar-refractivity contribution in [2.75, 3.05) is 43.4 Å². The molecule has 1 saturated heterocycles. The van der Waals surface area contributed by atoms with E-state index in [1.807, 2.05) is 60.7 Å². The van der Waals surface area contributed by atoms with Crippen LogP contribution < -0.4 is 15.6 Å². The minimum atomic E-state index is -0.439. The number of likely N-dealkylation sites (N-methyl/N-ethyl adjacent to an activating group) is 1. The average Bonchev–Trinajstić information content (AvgIpc) is 2.95. The number of aryl methyl sites for hydroxylation is 1. The van der Waals surface area contributed by atoms with Gasteiger partial charge in [0.05, 0.1) is 16.6 Å². The van der Waals surface area contributed by atoms with Gasteiger partial charge in [-0.15, -0.1) is 0 Å². The maximum absolute atomic E-state index is 15.0. The molecule has 2 heterocycles. The second-order valence-electron chi connectivity index (χ2n) is 9.15. The van der Waals surface area contributed by atoms with Gasteiger partial charge in [-0.25, -0.2) is 4.39 Å². The summed E-state index contributed by atoms with van der Waals surface area (Å²) < 4.78 is 16.8. The summed E-state index contributed by atoms with van der Waals surface area (Å²) in [6.45, 7) is 9.64. The van der Waals surface area contributed by atoms with Crippen LogP contribution in [-0.2, 0) is 11.3 Å². The Balaban J connectivity index is 0.000000401. The first kappa shape index (κ1) is 29.9. The lowest BCUT2D eigenvalue weighted by molar-refractivity contribution is -0.105. The van der Waals surface area contributed by atoms with E-state index in [1.54, 1.807) is 24.4 Å². The maximum atomic E-state index is 15.0. The molecule has 206 valence electrons. The van der Waals surface area contributed by atoms with Crippen molar-refractivity contribution < 1.29 is 9.18 Å². The number of anilines is 2. The van der Waals surface area contributed by atoms with Crippen LogP contribution in [0.5, 0.6) is 0 Å². The van der Waals surface area contributed by atoms with Gasteiger partial charge >= 0.3 is 0 Å². The highest BCUT2D eigenvalue weighted by atomic mass is 35.5. The minimum absolute atomic E-state index is 0.109. The molecule has 0 bridgehead atoms. The van der Waals surface area contributed by atoms with Gasteiger partial charge in [0.15, 0.2) is 0 Å². The molecule has 0 aliphatic carbocycles. The highest BCUT2D eigenvalue weighted by Gasteiger charge is 2.20. The van der Waals surface area contributed by atoms with Gasteiger partial charge in [-0.2, -0.15) is 0 Å². The molecule has 39 heavy (non-hydrogen) atoms. The van der Waals surface area contributed by atoms with Crippen molar-refractivity contribution in [2.45, 2.75) is 27.3 Å². The lowest BCUT2D eigenvalue weighted by Gasteiger charge is -2.34. The number of aromatic nitrogens is 1. The summed E-state index contributed by atoms with van der Waals surface area (Å²) in [7, 11) is 2.04. The number of piperazine rings is 1. The number of hydrogen-bond donors (Lipinski definition) is 1. The van der Waals surface area contributed by atoms with Gasteiger partial charge in [0.2, 0.25) is 11.8 Å². The zero-order valence-electron chi connectivity index (χ0n) is 23.0. The van der Waals surface area contributed by atoms with Crippen LogP contribution in [0.1, 0.15) is 25.0 Å². The fraction of sp³-hybridized carbons (Fsp3) is 0.290. The van der Waals surface area contributed by atoms with Gasteiger partial charge in [0, 0.05) is 43.9 Å². The summed E-state index contributed by atoms with van der Waals surface area (Å²) in [6.07, 6.45) is 2.05. The zero-order chi connectivity index (χ0) is 28.4. The molecular formula is C31H36ClFN4O2. The van der Waals surface area contributed by atoms with Crippen molar-refractivity contribution in [1.82, 2.24) is 9.47 Å². The Bertz CT molecular complexity index is 1420. The summed E-state index contributed by atoms with van der Waals surface area (Å²) in [6, 6.07) is 20.6. The Morgan fingerprint density at radius 2 is 1.62 bits per heavy atom. The van der Waals surface area contributed by atoms with E-state index in [9.17, 15) is 14.0 Å². The Hall–Kier alpha value is -3.68. The van der Waals surface area contributed by atoms with E-state index in [4.69, 9.17) is 11.6 Å². The van der Waals surface area contributed by atoms with Gasteiger partial charge in [-0.1, -0.05) is 73.5 Å². The summed E-state index contributed by atoms with van der Waals surface area (Å²) >= 11 is 5.98. The lowest BCUT2D eigenvalue weighted by atomic mass is 10.1. The average molecular weight is 551 g/mol. The standard InChI is InChI=1S/C22H22ClFN4O2.C7H8.C2H6/c1-26-6-8-27(9-7-26)21-11-20-17(10-18(21)24)22(30)19(25-14-29)13-28(20)12-15-2-4-16(23)5-3-15;1-7-5-3-2-4-6-7;1-2/h2-5,10-11,13-14H,6-9,12H2,1H3,(H,25,29);2-6H,1H3;1-2H3. The number of benzene rings is 3. The van der Waals surface area contributed by atoms with E-state index in [0.717, 1.165) is 18.7 Å². The molecule has 1 amide bonds. The highest BCUT2D eigenvalue weighted by Crippen LogP contribution is 2.27. The molecule has 0 radical (unpaired) electrons. The molecule has 1 aliphatic heterocycles. The Morgan fingerprint density at radius 1 is 0.974 bits per heavy atom. The zero-order valence-corrected chi connectivity index (χ0v) is 23.7. The molecule has 5 rings (SSSR count). The van der Waals surface area contributed by atoms with Crippen LogP contribution in [0.25, 0.3) is 10.9 Å². The van der Waals surface area contributed by atoms with Crippen molar-refractivity contribution in [3.05, 3.63) is 105 Å². The van der Waals surface area contributed by atoms with E-state index >= 15 is 0 Å². The van der Waals surface area contributed by atoms with Gasteiger partial charge in [-0.3, -0.25) is 9.59 Å². The first-order valence-electron chi connectivity index (χ1n) is 13.1. The maximum Gasteiger partial charge on any atom is 0.212 e. The molecule has 8 heteroatoms. The van der Waals surface area contributed by atoms with Gasteiger partial charge < -0.3 is 19.7 Å². The molecule has 1 aliphatic rings. The normalized spacial score (nSPS) is 13.1. The van der Waals surface area contributed by atoms with E-state index < -0.39 is 11.2 Å². The predicted octanol–water partition coefficient (Wildman–Crippen LogP) is 6.18. The molecule has 0 unspecified atom stereocenters. The number of nitrogens with zero attached hydrogens (tertiary/aromatic N) is 3. The van der Waals surface area contributed by atoms with Crippen LogP contribution in [0, 0.1) is 12.7 Å². The molecule has 1 N–H and O–H groups in total. The van der Waals surface area contributed by atoms with E-state index in [0.29, 0.717) is 42.3 Å². The Labute approximate surface area is 234 Å². The third-order valence-corrected chi connectivity index (χ3v) is 6.67. The van der Waals surface area contributed by atoms with E-state index in [-0.39, 0.29) is 11.1 Å². The molecular weight excluding hydrogens is 515 g/mol. The first-order valence-corrected chi connectivity index (χ1v) is 13.5. The molecule has 4 aromatic rings. The number of pyridine rings is 1. The number of hydrogen-bond acceptors (Lipinski definition) is 4. The number of halogens is 2. The number of fused-ring (bicyclic) bond motifs is 1. The number of carbonyl (C=O) groups excluding carboxylic acids is 1. The van der Waals surface area contributed by atoms with Gasteiger partial charge in [-0.05, 0) is 43.8 Å². The fourth-order valence-electron chi connectivity index (χ4n) is 4.31. The summed E-state index contributed by atoms with van der Waals surface area (Å²) in [4.78, 5) is 28.0. The van der Waals surface area contributed by atoms with E-state index in [1.165, 1.54) is 11.6 Å². The summed E-state index contributed by atoms with van der Waals surface area (Å²) in [5.74, 6) is -0.439. The molecule has 0 atom stereocenters. The molecule has 6 nitrogen and oxygen atoms in total. The first-order chi connectivity index (χ1) is 18.9. The van der Waals surface area contributed by atoms with E-state index in [2.05, 4.69) is 29.3 Å². The number of nitrogens with one attached hydrogen (secondary N) is 1. The van der Waals surface area contributed by atoms with Crippen molar-refractivity contribution in [3.63, 3.8) is 0 Å². The monoisotopic (exact) mass is 550 g/mol. The van der Waals surface area contributed by atoms with Crippen molar-refractivity contribution in [3.8, 4) is 0 Å². The highest BCUT2D eigenvalue weighted by molar-refractivity contribution is 6.30. The Morgan fingerprint density at radius 3 is 2.18 bits per heavy atom. The third-order valence-electron chi connectivity index (χ3n) is 6.41.